The second-order valence-electron chi connectivity index (χ2n) is 11.7. The van der Waals surface area contributed by atoms with Gasteiger partial charge in [-0.05, 0) is 51.6 Å². The lowest BCUT2D eigenvalue weighted by Gasteiger charge is -2.11. The van der Waals surface area contributed by atoms with E-state index in [0.29, 0.717) is 22.5 Å². The molecule has 230 valence electrons. The maximum absolute atomic E-state index is 8.69. The number of aromatic nitrogens is 3. The van der Waals surface area contributed by atoms with Crippen LogP contribution in [0.5, 0.6) is 0 Å². The van der Waals surface area contributed by atoms with Gasteiger partial charge in [0.15, 0.2) is 17.5 Å². The zero-order chi connectivity index (χ0) is 36.9. The van der Waals surface area contributed by atoms with Crippen molar-refractivity contribution in [2.75, 3.05) is 0 Å². The standard InChI is InChI=1S/C45H29N3O/c1-4-13-30(14-5-1)31-23-25-34(26-24-31)44-46-43(33-17-8-3-9-18-33)47-45(48-44)35-27-28-39-41(29-35)49-40-22-12-21-38(42(39)40)37-20-11-10-19-36(37)32-15-6-2-7-16-32/h1-29H/i3D,8D,9D,17D,18D. The number of rotatable bonds is 6. The van der Waals surface area contributed by atoms with Crippen LogP contribution in [0.15, 0.2) is 180 Å². The predicted molar refractivity (Wildman–Crippen MR) is 200 cm³/mol. The van der Waals surface area contributed by atoms with Gasteiger partial charge in [0, 0.05) is 27.5 Å². The first-order valence-corrected chi connectivity index (χ1v) is 16.0. The van der Waals surface area contributed by atoms with E-state index in [1.54, 1.807) is 0 Å². The number of nitrogens with zero attached hydrogens (tertiary/aromatic N) is 3. The molecule has 0 bridgehead atoms. The Hall–Kier alpha value is -6.65. The molecule has 2 heterocycles. The summed E-state index contributed by atoms with van der Waals surface area (Å²) in [6, 6.07) is 46.1. The Labute approximate surface area is 291 Å². The number of furan rings is 1. The monoisotopic (exact) mass is 632 g/mol. The molecule has 0 spiro atoms. The van der Waals surface area contributed by atoms with Gasteiger partial charge in [-0.15, -0.1) is 0 Å². The van der Waals surface area contributed by atoms with Crippen molar-refractivity contribution in [1.29, 1.82) is 0 Å². The molecule has 9 aromatic rings. The van der Waals surface area contributed by atoms with Gasteiger partial charge in [0.05, 0.1) is 6.85 Å². The molecule has 0 aliphatic carbocycles. The molecule has 0 aliphatic heterocycles. The molecule has 0 saturated heterocycles. The molecule has 7 aromatic carbocycles. The summed E-state index contributed by atoms with van der Waals surface area (Å²) in [5, 5.41) is 1.90. The first-order chi connectivity index (χ1) is 26.4. The normalized spacial score (nSPS) is 12.7. The van der Waals surface area contributed by atoms with Gasteiger partial charge in [-0.1, -0.05) is 158 Å². The van der Waals surface area contributed by atoms with E-state index in [1.807, 2.05) is 115 Å². The minimum absolute atomic E-state index is 0.0244. The number of fused-ring (bicyclic) bond motifs is 3. The average molecular weight is 633 g/mol. The summed E-state index contributed by atoms with van der Waals surface area (Å²) in [6.07, 6.45) is 0. The highest BCUT2D eigenvalue weighted by molar-refractivity contribution is 6.14. The molecule has 49 heavy (non-hydrogen) atoms. The molecule has 0 radical (unpaired) electrons. The Morgan fingerprint density at radius 1 is 0.388 bits per heavy atom. The van der Waals surface area contributed by atoms with Crippen molar-refractivity contribution in [3.8, 4) is 67.5 Å². The molecule has 0 aliphatic rings. The van der Waals surface area contributed by atoms with E-state index < -0.39 is 18.1 Å². The van der Waals surface area contributed by atoms with Crippen LogP contribution in [0.1, 0.15) is 6.85 Å². The van der Waals surface area contributed by atoms with Crippen LogP contribution < -0.4 is 0 Å². The fraction of sp³-hybridized carbons (Fsp3) is 0. The largest absolute Gasteiger partial charge is 0.456 e. The third-order valence-corrected chi connectivity index (χ3v) is 8.67. The lowest BCUT2D eigenvalue weighted by molar-refractivity contribution is 0.669. The summed E-state index contributed by atoms with van der Waals surface area (Å²) in [7, 11) is 0. The maximum Gasteiger partial charge on any atom is 0.164 e. The van der Waals surface area contributed by atoms with E-state index in [9.17, 15) is 0 Å². The van der Waals surface area contributed by atoms with Crippen LogP contribution in [-0.4, -0.2) is 15.0 Å². The Morgan fingerprint density at radius 2 is 0.939 bits per heavy atom. The Morgan fingerprint density at radius 3 is 1.67 bits per heavy atom. The summed E-state index contributed by atoms with van der Waals surface area (Å²) >= 11 is 0. The van der Waals surface area contributed by atoms with Crippen molar-refractivity contribution in [1.82, 2.24) is 15.0 Å². The number of hydrogen-bond acceptors (Lipinski definition) is 4. The number of benzene rings is 7. The Kier molecular flexibility index (Phi) is 5.87. The molecule has 0 saturated carbocycles. The van der Waals surface area contributed by atoms with Crippen LogP contribution in [0.3, 0.4) is 0 Å². The highest BCUT2D eigenvalue weighted by Crippen LogP contribution is 2.41. The Bertz CT molecular complexity index is 2850. The first kappa shape index (κ1) is 23.6. The van der Waals surface area contributed by atoms with E-state index in [4.69, 9.17) is 26.2 Å². The van der Waals surface area contributed by atoms with Crippen molar-refractivity contribution >= 4 is 21.9 Å². The van der Waals surface area contributed by atoms with Gasteiger partial charge in [-0.2, -0.15) is 0 Å². The molecule has 9 rings (SSSR count). The van der Waals surface area contributed by atoms with Gasteiger partial charge in [0.25, 0.3) is 0 Å². The zero-order valence-corrected chi connectivity index (χ0v) is 26.1. The van der Waals surface area contributed by atoms with Crippen LogP contribution in [0.25, 0.3) is 89.5 Å². The molecular weight excluding hydrogens is 599 g/mol. The van der Waals surface area contributed by atoms with Crippen LogP contribution in [0.4, 0.5) is 0 Å². The van der Waals surface area contributed by atoms with Crippen LogP contribution >= 0.6 is 0 Å². The summed E-state index contributed by atoms with van der Waals surface area (Å²) in [5.41, 5.74) is 9.01. The minimum atomic E-state index is -0.485. The molecule has 2 aromatic heterocycles. The van der Waals surface area contributed by atoms with Crippen molar-refractivity contribution in [3.05, 3.63) is 176 Å². The summed E-state index contributed by atoms with van der Waals surface area (Å²) in [4.78, 5) is 14.3. The molecule has 0 atom stereocenters. The van der Waals surface area contributed by atoms with Crippen LogP contribution in [0.2, 0.25) is 0 Å². The number of hydrogen-bond donors (Lipinski definition) is 0. The highest BCUT2D eigenvalue weighted by atomic mass is 16.3. The van der Waals surface area contributed by atoms with Crippen molar-refractivity contribution < 1.29 is 11.3 Å². The van der Waals surface area contributed by atoms with Crippen molar-refractivity contribution in [3.63, 3.8) is 0 Å². The molecule has 0 unspecified atom stereocenters. The second-order valence-corrected chi connectivity index (χ2v) is 11.7. The van der Waals surface area contributed by atoms with Gasteiger partial charge in [0.2, 0.25) is 0 Å². The zero-order valence-electron chi connectivity index (χ0n) is 31.1. The van der Waals surface area contributed by atoms with Gasteiger partial charge in [-0.25, -0.2) is 15.0 Å². The van der Waals surface area contributed by atoms with Crippen LogP contribution in [-0.2, 0) is 0 Å². The summed E-state index contributed by atoms with van der Waals surface area (Å²) < 4.78 is 48.6. The van der Waals surface area contributed by atoms with Crippen molar-refractivity contribution in [2.24, 2.45) is 0 Å². The van der Waals surface area contributed by atoms with Gasteiger partial charge < -0.3 is 4.42 Å². The minimum Gasteiger partial charge on any atom is -0.456 e. The van der Waals surface area contributed by atoms with E-state index in [0.717, 1.165) is 49.7 Å². The van der Waals surface area contributed by atoms with E-state index in [1.165, 1.54) is 0 Å². The molecular formula is C45H29N3O. The average Bonchev–Trinajstić information content (AvgIpc) is 3.61. The highest BCUT2D eigenvalue weighted by Gasteiger charge is 2.18. The topological polar surface area (TPSA) is 51.8 Å². The van der Waals surface area contributed by atoms with E-state index >= 15 is 0 Å². The van der Waals surface area contributed by atoms with Crippen LogP contribution in [0, 0.1) is 0 Å². The quantitative estimate of drug-likeness (QED) is 0.183. The summed E-state index contributed by atoms with van der Waals surface area (Å²) in [6.45, 7) is 0. The SMILES string of the molecule is [2H]c1c([2H])c([2H])c(-c2nc(-c3ccc(-c4ccccc4)cc3)nc(-c3ccc4c(c3)oc3cccc(-c5ccccc5-c5ccccc5)c34)n2)c([2H])c1[2H]. The fourth-order valence-corrected chi connectivity index (χ4v) is 6.33. The molecule has 0 fully saturated rings. The van der Waals surface area contributed by atoms with E-state index in [-0.39, 0.29) is 29.3 Å². The molecule has 0 amide bonds. The third-order valence-electron chi connectivity index (χ3n) is 8.67. The fourth-order valence-electron chi connectivity index (χ4n) is 6.33. The first-order valence-electron chi connectivity index (χ1n) is 18.5. The van der Waals surface area contributed by atoms with Gasteiger partial charge >= 0.3 is 0 Å². The summed E-state index contributed by atoms with van der Waals surface area (Å²) in [5.74, 6) is 0.542. The van der Waals surface area contributed by atoms with Gasteiger partial charge in [0.1, 0.15) is 11.2 Å². The lowest BCUT2D eigenvalue weighted by atomic mass is 9.92. The predicted octanol–water partition coefficient (Wildman–Crippen LogP) is 11.8. The third kappa shape index (κ3) is 5.35. The maximum atomic E-state index is 8.69. The Balaban J connectivity index is 1.21. The van der Waals surface area contributed by atoms with Gasteiger partial charge in [-0.3, -0.25) is 0 Å². The van der Waals surface area contributed by atoms with E-state index in [2.05, 4.69) is 30.3 Å². The molecule has 0 N–H and O–H groups in total. The van der Waals surface area contributed by atoms with Crippen molar-refractivity contribution in [2.45, 2.75) is 0 Å². The smallest absolute Gasteiger partial charge is 0.164 e. The molecule has 4 heteroatoms. The lowest BCUT2D eigenvalue weighted by Crippen LogP contribution is -2.00. The molecule has 4 nitrogen and oxygen atoms in total. The second kappa shape index (κ2) is 12.2.